The number of hydrazone groups is 1. The van der Waals surface area contributed by atoms with Gasteiger partial charge in [0.25, 0.3) is 5.56 Å². The van der Waals surface area contributed by atoms with Gasteiger partial charge >= 0.3 is 5.69 Å². The van der Waals surface area contributed by atoms with E-state index in [4.69, 9.17) is 0 Å². The first-order valence-electron chi connectivity index (χ1n) is 8.85. The molecule has 1 aromatic heterocycles. The highest BCUT2D eigenvalue weighted by atomic mass is 16.3. The molecule has 0 aliphatic heterocycles. The summed E-state index contributed by atoms with van der Waals surface area (Å²) in [5, 5.41) is 14.1. The number of aromatic nitrogens is 2. The molecule has 2 aromatic rings. The first-order chi connectivity index (χ1) is 12.8. The van der Waals surface area contributed by atoms with Gasteiger partial charge in [-0.3, -0.25) is 14.6 Å². The van der Waals surface area contributed by atoms with Crippen LogP contribution in [0.25, 0.3) is 5.69 Å². The zero-order valence-corrected chi connectivity index (χ0v) is 15.7. The van der Waals surface area contributed by atoms with Gasteiger partial charge < -0.3 is 5.11 Å². The lowest BCUT2D eigenvalue weighted by Crippen LogP contribution is -2.31. The van der Waals surface area contributed by atoms with Crippen LogP contribution in [0.1, 0.15) is 57.1 Å². The van der Waals surface area contributed by atoms with E-state index < -0.39 is 17.1 Å². The summed E-state index contributed by atoms with van der Waals surface area (Å²) in [7, 11) is 0. The van der Waals surface area contributed by atoms with Crippen molar-refractivity contribution in [3.05, 3.63) is 56.2 Å². The number of H-pyrrole nitrogens is 1. The van der Waals surface area contributed by atoms with E-state index in [0.717, 1.165) is 29.2 Å². The SMILES string of the molecule is CCCCC(=O)NN=Cc1c(O)n(-c2ccc(C(C)C)cc2)c(=O)[nH]c1=O. The van der Waals surface area contributed by atoms with Crippen molar-refractivity contribution in [3.8, 4) is 11.6 Å². The van der Waals surface area contributed by atoms with E-state index >= 15 is 0 Å². The minimum absolute atomic E-state index is 0.224. The third kappa shape index (κ3) is 4.93. The van der Waals surface area contributed by atoms with E-state index in [0.29, 0.717) is 18.0 Å². The van der Waals surface area contributed by atoms with Crippen molar-refractivity contribution in [2.45, 2.75) is 46.0 Å². The van der Waals surface area contributed by atoms with E-state index in [2.05, 4.69) is 15.5 Å². The predicted molar refractivity (Wildman–Crippen MR) is 104 cm³/mol. The largest absolute Gasteiger partial charge is 0.493 e. The Balaban J connectivity index is 2.35. The molecule has 0 aliphatic rings. The molecule has 1 heterocycles. The molecule has 0 saturated carbocycles. The van der Waals surface area contributed by atoms with Crippen molar-refractivity contribution in [1.82, 2.24) is 15.0 Å². The Labute approximate surface area is 156 Å². The smallest absolute Gasteiger partial charge is 0.335 e. The van der Waals surface area contributed by atoms with Crippen LogP contribution in [0.3, 0.4) is 0 Å². The second-order valence-corrected chi connectivity index (χ2v) is 6.47. The Bertz CT molecular complexity index is 940. The number of rotatable bonds is 7. The number of benzene rings is 1. The number of unbranched alkanes of at least 4 members (excludes halogenated alkanes) is 1. The molecule has 8 nitrogen and oxygen atoms in total. The fourth-order valence-electron chi connectivity index (χ4n) is 2.46. The van der Waals surface area contributed by atoms with Crippen LogP contribution in [-0.2, 0) is 4.79 Å². The fraction of sp³-hybridized carbons (Fsp3) is 0.368. The van der Waals surface area contributed by atoms with Crippen LogP contribution in [0.15, 0.2) is 39.0 Å². The maximum Gasteiger partial charge on any atom is 0.335 e. The zero-order chi connectivity index (χ0) is 20.0. The van der Waals surface area contributed by atoms with Crippen LogP contribution < -0.4 is 16.7 Å². The van der Waals surface area contributed by atoms with Gasteiger partial charge in [-0.15, -0.1) is 0 Å². The van der Waals surface area contributed by atoms with Crippen molar-refractivity contribution in [3.63, 3.8) is 0 Å². The van der Waals surface area contributed by atoms with Crippen molar-refractivity contribution in [2.75, 3.05) is 0 Å². The maximum absolute atomic E-state index is 12.2. The number of aromatic hydroxyl groups is 1. The van der Waals surface area contributed by atoms with Crippen LogP contribution >= 0.6 is 0 Å². The Kier molecular flexibility index (Phi) is 6.70. The molecule has 1 amide bonds. The van der Waals surface area contributed by atoms with E-state index in [1.165, 1.54) is 0 Å². The monoisotopic (exact) mass is 372 g/mol. The second-order valence-electron chi connectivity index (χ2n) is 6.47. The number of aromatic amines is 1. The van der Waals surface area contributed by atoms with Gasteiger partial charge in [0.15, 0.2) is 0 Å². The van der Waals surface area contributed by atoms with E-state index in [-0.39, 0.29) is 11.5 Å². The summed E-state index contributed by atoms with van der Waals surface area (Å²) in [6.07, 6.45) is 2.94. The zero-order valence-electron chi connectivity index (χ0n) is 15.7. The third-order valence-corrected chi connectivity index (χ3v) is 4.08. The lowest BCUT2D eigenvalue weighted by molar-refractivity contribution is -0.121. The molecular weight excluding hydrogens is 348 g/mol. The summed E-state index contributed by atoms with van der Waals surface area (Å²) in [5.41, 5.74) is 1.99. The van der Waals surface area contributed by atoms with Gasteiger partial charge in [-0.2, -0.15) is 5.10 Å². The standard InChI is InChI=1S/C19H24N4O4/c1-4-5-6-16(24)22-20-11-15-17(25)21-19(27)23(18(15)26)14-9-7-13(8-10-14)12(2)3/h7-12,26H,4-6H2,1-3H3,(H,22,24)(H,21,25,27). The van der Waals surface area contributed by atoms with E-state index in [1.54, 1.807) is 12.1 Å². The summed E-state index contributed by atoms with van der Waals surface area (Å²) in [6.45, 7) is 6.05. The molecule has 144 valence electrons. The molecule has 1 aromatic carbocycles. The molecule has 8 heteroatoms. The van der Waals surface area contributed by atoms with E-state index in [1.807, 2.05) is 32.9 Å². The molecule has 0 atom stereocenters. The Morgan fingerprint density at radius 1 is 1.30 bits per heavy atom. The molecule has 0 bridgehead atoms. The average Bonchev–Trinajstić information content (AvgIpc) is 2.62. The van der Waals surface area contributed by atoms with Crippen molar-refractivity contribution < 1.29 is 9.90 Å². The molecule has 0 spiro atoms. The van der Waals surface area contributed by atoms with Gasteiger partial charge in [-0.25, -0.2) is 14.8 Å². The molecule has 0 saturated heterocycles. The summed E-state index contributed by atoms with van der Waals surface area (Å²) in [6, 6.07) is 7.06. The molecule has 0 radical (unpaired) electrons. The minimum atomic E-state index is -0.792. The summed E-state index contributed by atoms with van der Waals surface area (Å²) in [4.78, 5) is 37.9. The molecule has 3 N–H and O–H groups in total. The third-order valence-electron chi connectivity index (χ3n) is 4.08. The first-order valence-corrected chi connectivity index (χ1v) is 8.85. The number of hydrogen-bond donors (Lipinski definition) is 3. The van der Waals surface area contributed by atoms with Gasteiger partial charge in [0, 0.05) is 6.42 Å². The molecule has 2 rings (SSSR count). The summed E-state index contributed by atoms with van der Waals surface area (Å²) < 4.78 is 0.978. The van der Waals surface area contributed by atoms with Crippen LogP contribution in [0, 0.1) is 0 Å². The van der Waals surface area contributed by atoms with Crippen LogP contribution in [0.4, 0.5) is 0 Å². The number of amides is 1. The van der Waals surface area contributed by atoms with Gasteiger partial charge in [0.2, 0.25) is 11.8 Å². The van der Waals surface area contributed by atoms with Crippen LogP contribution in [-0.4, -0.2) is 26.8 Å². The average molecular weight is 372 g/mol. The number of hydrogen-bond acceptors (Lipinski definition) is 5. The van der Waals surface area contributed by atoms with Gasteiger partial charge in [0.1, 0.15) is 5.56 Å². The fourth-order valence-corrected chi connectivity index (χ4v) is 2.46. The number of nitrogens with zero attached hydrogens (tertiary/aromatic N) is 2. The van der Waals surface area contributed by atoms with Crippen LogP contribution in [0.2, 0.25) is 0 Å². The molecule has 0 fully saturated rings. The predicted octanol–water partition coefficient (Wildman–Crippen LogP) is 2.00. The van der Waals surface area contributed by atoms with E-state index in [9.17, 15) is 19.5 Å². The highest BCUT2D eigenvalue weighted by molar-refractivity contribution is 5.84. The summed E-state index contributed by atoms with van der Waals surface area (Å²) in [5.74, 6) is -0.520. The van der Waals surface area contributed by atoms with Gasteiger partial charge in [-0.05, 0) is 30.0 Å². The van der Waals surface area contributed by atoms with Crippen LogP contribution in [0.5, 0.6) is 5.88 Å². The molecular formula is C19H24N4O4. The number of nitrogens with one attached hydrogen (secondary N) is 2. The quantitative estimate of drug-likeness (QED) is 0.509. The van der Waals surface area contributed by atoms with Crippen molar-refractivity contribution in [1.29, 1.82) is 0 Å². The Morgan fingerprint density at radius 3 is 2.56 bits per heavy atom. The van der Waals surface area contributed by atoms with Gasteiger partial charge in [0.05, 0.1) is 11.9 Å². The molecule has 0 aliphatic carbocycles. The van der Waals surface area contributed by atoms with Crippen molar-refractivity contribution >= 4 is 12.1 Å². The highest BCUT2D eigenvalue weighted by Gasteiger charge is 2.14. The summed E-state index contributed by atoms with van der Waals surface area (Å²) >= 11 is 0. The Hall–Kier alpha value is -3.16. The highest BCUT2D eigenvalue weighted by Crippen LogP contribution is 2.19. The number of carbonyl (C=O) groups is 1. The minimum Gasteiger partial charge on any atom is -0.493 e. The maximum atomic E-state index is 12.2. The number of carbonyl (C=O) groups excluding carboxylic acids is 1. The van der Waals surface area contributed by atoms with Crippen molar-refractivity contribution in [2.24, 2.45) is 5.10 Å². The second kappa shape index (κ2) is 8.98. The molecule has 27 heavy (non-hydrogen) atoms. The first kappa shape index (κ1) is 20.2. The topological polar surface area (TPSA) is 117 Å². The normalized spacial score (nSPS) is 11.3. The lowest BCUT2D eigenvalue weighted by atomic mass is 10.0. The lowest BCUT2D eigenvalue weighted by Gasteiger charge is -2.11. The Morgan fingerprint density at radius 2 is 1.96 bits per heavy atom. The molecule has 0 unspecified atom stereocenters. The van der Waals surface area contributed by atoms with Gasteiger partial charge in [-0.1, -0.05) is 39.3 Å².